The lowest BCUT2D eigenvalue weighted by molar-refractivity contribution is 0.322. The number of benzene rings is 1. The summed E-state index contributed by atoms with van der Waals surface area (Å²) in [7, 11) is 3.75. The highest BCUT2D eigenvalue weighted by molar-refractivity contribution is 14.0. The molecule has 0 aliphatic rings. The van der Waals surface area contributed by atoms with Gasteiger partial charge in [-0.3, -0.25) is 9.67 Å². The predicted molar refractivity (Wildman–Crippen MR) is 118 cm³/mol. The highest BCUT2D eigenvalue weighted by Gasteiger charge is 2.08. The van der Waals surface area contributed by atoms with Crippen LogP contribution in [0.5, 0.6) is 5.75 Å². The highest BCUT2D eigenvalue weighted by atomic mass is 127. The summed E-state index contributed by atoms with van der Waals surface area (Å²) in [6.07, 6.45) is 0.923. The van der Waals surface area contributed by atoms with Crippen LogP contribution in [0.15, 0.2) is 29.3 Å². The molecule has 0 amide bonds. The summed E-state index contributed by atoms with van der Waals surface area (Å²) in [6, 6.07) is 8.07. The van der Waals surface area contributed by atoms with Crippen LogP contribution in [0, 0.1) is 20.8 Å². The van der Waals surface area contributed by atoms with Crippen LogP contribution in [0.3, 0.4) is 0 Å². The Morgan fingerprint density at radius 1 is 1.12 bits per heavy atom. The third-order valence-corrected chi connectivity index (χ3v) is 4.23. The molecule has 26 heavy (non-hydrogen) atoms. The molecular weight excluding hydrogens is 441 g/mol. The second-order valence-electron chi connectivity index (χ2n) is 6.11. The third kappa shape index (κ3) is 6.51. The molecule has 0 unspecified atom stereocenters. The number of guanidine groups is 1. The summed E-state index contributed by atoms with van der Waals surface area (Å²) in [4.78, 5) is 4.24. The van der Waals surface area contributed by atoms with E-state index < -0.39 is 0 Å². The maximum atomic E-state index is 5.71. The Morgan fingerprint density at radius 3 is 2.35 bits per heavy atom. The molecule has 0 spiro atoms. The second-order valence-corrected chi connectivity index (χ2v) is 6.11. The molecule has 1 aromatic carbocycles. The first-order valence-corrected chi connectivity index (χ1v) is 8.64. The average molecular weight is 471 g/mol. The Bertz CT molecular complexity index is 709. The zero-order valence-electron chi connectivity index (χ0n) is 16.3. The number of aliphatic imine (C=N–C) groups is 1. The maximum absolute atomic E-state index is 5.71. The first-order valence-electron chi connectivity index (χ1n) is 8.64. The zero-order valence-corrected chi connectivity index (χ0v) is 18.6. The van der Waals surface area contributed by atoms with Gasteiger partial charge in [0.15, 0.2) is 5.96 Å². The Kier molecular flexibility index (Phi) is 9.47. The van der Waals surface area contributed by atoms with Crippen LogP contribution >= 0.6 is 24.0 Å². The van der Waals surface area contributed by atoms with E-state index in [4.69, 9.17) is 4.74 Å². The van der Waals surface area contributed by atoms with E-state index in [1.54, 1.807) is 7.05 Å². The van der Waals surface area contributed by atoms with Crippen molar-refractivity contribution in [3.05, 3.63) is 46.8 Å². The Balaban J connectivity index is 0.00000338. The van der Waals surface area contributed by atoms with E-state index in [1.165, 1.54) is 16.8 Å². The van der Waals surface area contributed by atoms with Crippen LogP contribution in [-0.2, 0) is 13.5 Å². The average Bonchev–Trinajstić information content (AvgIpc) is 2.84. The number of rotatable bonds is 7. The fourth-order valence-corrected chi connectivity index (χ4v) is 2.68. The standard InChI is InChI=1S/C19H29N5O.HI/c1-14-6-8-17(9-7-14)25-13-12-22-19(20-4)21-11-10-18-15(2)23-24(5)16(18)3;/h6-9H,10-13H2,1-5H3,(H2,20,21,22);1H. The van der Waals surface area contributed by atoms with Gasteiger partial charge in [-0.25, -0.2) is 0 Å². The molecule has 6 nitrogen and oxygen atoms in total. The van der Waals surface area contributed by atoms with Crippen LogP contribution in [0.2, 0.25) is 0 Å². The minimum Gasteiger partial charge on any atom is -0.492 e. The molecule has 0 saturated heterocycles. The smallest absolute Gasteiger partial charge is 0.191 e. The Labute approximate surface area is 173 Å². The molecule has 0 aliphatic carbocycles. The molecule has 7 heteroatoms. The van der Waals surface area contributed by atoms with E-state index in [-0.39, 0.29) is 24.0 Å². The number of aryl methyl sites for hydroxylation is 3. The lowest BCUT2D eigenvalue weighted by Crippen LogP contribution is -2.40. The predicted octanol–water partition coefficient (Wildman–Crippen LogP) is 2.75. The van der Waals surface area contributed by atoms with Gasteiger partial charge in [0.2, 0.25) is 0 Å². The zero-order chi connectivity index (χ0) is 18.2. The van der Waals surface area contributed by atoms with Gasteiger partial charge < -0.3 is 15.4 Å². The van der Waals surface area contributed by atoms with Crippen molar-refractivity contribution in [1.29, 1.82) is 0 Å². The van der Waals surface area contributed by atoms with E-state index in [0.717, 1.165) is 30.4 Å². The van der Waals surface area contributed by atoms with Gasteiger partial charge in [-0.1, -0.05) is 17.7 Å². The molecule has 0 atom stereocenters. The molecule has 1 heterocycles. The minimum absolute atomic E-state index is 0. The summed E-state index contributed by atoms with van der Waals surface area (Å²) in [5, 5.41) is 11.0. The Morgan fingerprint density at radius 2 is 1.77 bits per heavy atom. The molecule has 2 aromatic rings. The van der Waals surface area contributed by atoms with Gasteiger partial charge in [0.1, 0.15) is 12.4 Å². The minimum atomic E-state index is 0. The topological polar surface area (TPSA) is 63.5 Å². The maximum Gasteiger partial charge on any atom is 0.191 e. The van der Waals surface area contributed by atoms with E-state index >= 15 is 0 Å². The number of hydrogen-bond acceptors (Lipinski definition) is 3. The number of nitrogens with one attached hydrogen (secondary N) is 2. The normalized spacial score (nSPS) is 11.0. The van der Waals surface area contributed by atoms with E-state index in [0.29, 0.717) is 13.2 Å². The Hall–Kier alpha value is -1.77. The van der Waals surface area contributed by atoms with Crippen molar-refractivity contribution in [2.75, 3.05) is 26.7 Å². The van der Waals surface area contributed by atoms with Crippen molar-refractivity contribution in [2.45, 2.75) is 27.2 Å². The van der Waals surface area contributed by atoms with Crippen LogP contribution in [-0.4, -0.2) is 42.5 Å². The lowest BCUT2D eigenvalue weighted by atomic mass is 10.1. The van der Waals surface area contributed by atoms with Gasteiger partial charge in [0.25, 0.3) is 0 Å². The number of hydrogen-bond donors (Lipinski definition) is 2. The number of aromatic nitrogens is 2. The number of ether oxygens (including phenoxy) is 1. The SMILES string of the molecule is CN=C(NCCOc1ccc(C)cc1)NCCc1c(C)nn(C)c1C.I. The first-order chi connectivity index (χ1) is 12.0. The van der Waals surface area contributed by atoms with Crippen molar-refractivity contribution in [1.82, 2.24) is 20.4 Å². The second kappa shape index (κ2) is 11.1. The van der Waals surface area contributed by atoms with Gasteiger partial charge in [-0.05, 0) is 44.9 Å². The summed E-state index contributed by atoms with van der Waals surface area (Å²) in [6.45, 7) is 8.31. The highest BCUT2D eigenvalue weighted by Crippen LogP contribution is 2.12. The van der Waals surface area contributed by atoms with E-state index in [2.05, 4.69) is 41.5 Å². The van der Waals surface area contributed by atoms with E-state index in [9.17, 15) is 0 Å². The number of halogens is 1. The van der Waals surface area contributed by atoms with Crippen LogP contribution in [0.1, 0.15) is 22.5 Å². The van der Waals surface area contributed by atoms with Crippen molar-refractivity contribution in [2.24, 2.45) is 12.0 Å². The lowest BCUT2D eigenvalue weighted by Gasteiger charge is -2.13. The summed E-state index contributed by atoms with van der Waals surface area (Å²) in [5.41, 5.74) is 4.84. The fraction of sp³-hybridized carbons (Fsp3) is 0.474. The summed E-state index contributed by atoms with van der Waals surface area (Å²) in [5.74, 6) is 1.67. The van der Waals surface area contributed by atoms with Crippen molar-refractivity contribution < 1.29 is 4.74 Å². The molecule has 0 aliphatic heterocycles. The van der Waals surface area contributed by atoms with Crippen LogP contribution < -0.4 is 15.4 Å². The molecule has 0 bridgehead atoms. The van der Waals surface area contributed by atoms with Gasteiger partial charge >= 0.3 is 0 Å². The number of nitrogens with zero attached hydrogens (tertiary/aromatic N) is 3. The van der Waals surface area contributed by atoms with Gasteiger partial charge in [0, 0.05) is 26.3 Å². The van der Waals surface area contributed by atoms with Crippen molar-refractivity contribution >= 4 is 29.9 Å². The third-order valence-electron chi connectivity index (χ3n) is 4.23. The van der Waals surface area contributed by atoms with Crippen molar-refractivity contribution in [3.63, 3.8) is 0 Å². The van der Waals surface area contributed by atoms with Gasteiger partial charge in [-0.15, -0.1) is 24.0 Å². The quantitative estimate of drug-likeness (QED) is 0.282. The molecule has 1 aromatic heterocycles. The van der Waals surface area contributed by atoms with Gasteiger partial charge in [0.05, 0.1) is 12.2 Å². The molecule has 0 fully saturated rings. The molecule has 2 N–H and O–H groups in total. The molecule has 144 valence electrons. The van der Waals surface area contributed by atoms with Gasteiger partial charge in [-0.2, -0.15) is 5.10 Å². The van der Waals surface area contributed by atoms with Crippen LogP contribution in [0.25, 0.3) is 0 Å². The molecular formula is C19H30IN5O. The molecule has 2 rings (SSSR count). The largest absolute Gasteiger partial charge is 0.492 e. The summed E-state index contributed by atoms with van der Waals surface area (Å²) < 4.78 is 7.64. The molecule has 0 saturated carbocycles. The monoisotopic (exact) mass is 471 g/mol. The van der Waals surface area contributed by atoms with Crippen molar-refractivity contribution in [3.8, 4) is 5.75 Å². The van der Waals surface area contributed by atoms with E-state index in [1.807, 2.05) is 36.0 Å². The van der Waals surface area contributed by atoms with Crippen LogP contribution in [0.4, 0.5) is 0 Å². The molecule has 0 radical (unpaired) electrons. The summed E-state index contributed by atoms with van der Waals surface area (Å²) >= 11 is 0. The first kappa shape index (κ1) is 22.3. The fourth-order valence-electron chi connectivity index (χ4n) is 2.68.